The first kappa shape index (κ1) is 17.8. The van der Waals surface area contributed by atoms with Crippen LogP contribution in [0.1, 0.15) is 22.2 Å². The highest BCUT2D eigenvalue weighted by atomic mass is 35.5. The van der Waals surface area contributed by atoms with Crippen molar-refractivity contribution in [3.05, 3.63) is 76.9 Å². The van der Waals surface area contributed by atoms with E-state index in [2.05, 4.69) is 5.10 Å². The van der Waals surface area contributed by atoms with Crippen molar-refractivity contribution in [3.8, 4) is 11.3 Å². The van der Waals surface area contributed by atoms with E-state index in [4.69, 9.17) is 16.3 Å². The highest BCUT2D eigenvalue weighted by molar-refractivity contribution is 6.33. The largest absolute Gasteiger partial charge is 0.370 e. The van der Waals surface area contributed by atoms with Gasteiger partial charge in [-0.3, -0.25) is 9.48 Å². The molecule has 0 saturated carbocycles. The van der Waals surface area contributed by atoms with Crippen molar-refractivity contribution in [2.24, 2.45) is 7.05 Å². The van der Waals surface area contributed by atoms with E-state index in [9.17, 15) is 4.79 Å². The number of carbonyl (C=O) groups is 1. The minimum Gasteiger partial charge on any atom is -0.370 e. The predicted molar refractivity (Wildman–Crippen MR) is 105 cm³/mol. The minimum absolute atomic E-state index is 0.0486. The van der Waals surface area contributed by atoms with Gasteiger partial charge in [0.2, 0.25) is 0 Å². The lowest BCUT2D eigenvalue weighted by molar-refractivity contribution is -0.0231. The van der Waals surface area contributed by atoms with E-state index >= 15 is 0 Å². The van der Waals surface area contributed by atoms with Crippen LogP contribution in [0.2, 0.25) is 5.02 Å². The molecular formula is C21H20ClN3O2. The molecule has 2 heterocycles. The zero-order valence-corrected chi connectivity index (χ0v) is 15.8. The molecule has 3 aromatic rings. The maximum absolute atomic E-state index is 13.1. The number of aryl methyl sites for hydroxylation is 1. The van der Waals surface area contributed by atoms with Crippen molar-refractivity contribution < 1.29 is 9.53 Å². The highest BCUT2D eigenvalue weighted by Gasteiger charge is 2.28. The Balaban J connectivity index is 1.57. The molecule has 0 spiro atoms. The van der Waals surface area contributed by atoms with E-state index < -0.39 is 0 Å². The van der Waals surface area contributed by atoms with E-state index in [0.29, 0.717) is 36.1 Å². The highest BCUT2D eigenvalue weighted by Crippen LogP contribution is 2.28. The number of ether oxygens (including phenoxy) is 1. The number of nitrogens with zero attached hydrogens (tertiary/aromatic N) is 3. The van der Waals surface area contributed by atoms with Crippen molar-refractivity contribution in [3.63, 3.8) is 0 Å². The summed E-state index contributed by atoms with van der Waals surface area (Å²) in [6.07, 6.45) is -0.111. The number of benzene rings is 2. The van der Waals surface area contributed by atoms with Gasteiger partial charge in [-0.25, -0.2) is 0 Å². The second-order valence-corrected chi connectivity index (χ2v) is 6.95. The smallest absolute Gasteiger partial charge is 0.272 e. The molecule has 0 unspecified atom stereocenters. The Morgan fingerprint density at radius 3 is 2.67 bits per heavy atom. The molecular weight excluding hydrogens is 362 g/mol. The van der Waals surface area contributed by atoms with Crippen LogP contribution in [0.15, 0.2) is 60.7 Å². The molecule has 1 aliphatic heterocycles. The zero-order valence-electron chi connectivity index (χ0n) is 15.0. The van der Waals surface area contributed by atoms with Gasteiger partial charge < -0.3 is 9.64 Å². The third kappa shape index (κ3) is 3.61. The maximum Gasteiger partial charge on any atom is 0.272 e. The summed E-state index contributed by atoms with van der Waals surface area (Å²) in [6.45, 7) is 1.60. The van der Waals surface area contributed by atoms with Crippen molar-refractivity contribution in [2.75, 3.05) is 19.7 Å². The van der Waals surface area contributed by atoms with E-state index in [0.717, 1.165) is 11.1 Å². The van der Waals surface area contributed by atoms with Crippen LogP contribution in [0.5, 0.6) is 0 Å². The van der Waals surface area contributed by atoms with Gasteiger partial charge in [0.1, 0.15) is 11.8 Å². The summed E-state index contributed by atoms with van der Waals surface area (Å²) in [7, 11) is 1.78. The van der Waals surface area contributed by atoms with Crippen molar-refractivity contribution in [2.45, 2.75) is 6.10 Å². The molecule has 138 valence electrons. The Labute approximate surface area is 163 Å². The van der Waals surface area contributed by atoms with Gasteiger partial charge in [-0.1, -0.05) is 60.1 Å². The molecule has 1 saturated heterocycles. The van der Waals surface area contributed by atoms with Gasteiger partial charge in [0, 0.05) is 19.2 Å². The van der Waals surface area contributed by atoms with E-state index in [1.54, 1.807) is 17.8 Å². The van der Waals surface area contributed by atoms with E-state index in [1.807, 2.05) is 59.5 Å². The van der Waals surface area contributed by atoms with E-state index in [1.165, 1.54) is 0 Å². The first-order chi connectivity index (χ1) is 13.1. The molecule has 1 amide bonds. The van der Waals surface area contributed by atoms with Gasteiger partial charge in [0.05, 0.1) is 23.9 Å². The molecule has 0 radical (unpaired) electrons. The van der Waals surface area contributed by atoms with Gasteiger partial charge in [-0.2, -0.15) is 5.10 Å². The first-order valence-corrected chi connectivity index (χ1v) is 9.26. The predicted octanol–water partition coefficient (Wildman–Crippen LogP) is 3.95. The summed E-state index contributed by atoms with van der Waals surface area (Å²) in [6, 6.07) is 19.3. The Morgan fingerprint density at radius 1 is 1.15 bits per heavy atom. The van der Waals surface area contributed by atoms with Crippen molar-refractivity contribution in [1.29, 1.82) is 0 Å². The molecule has 0 N–H and O–H groups in total. The molecule has 1 aliphatic rings. The van der Waals surface area contributed by atoms with Gasteiger partial charge in [-0.05, 0) is 17.7 Å². The summed E-state index contributed by atoms with van der Waals surface area (Å²) < 4.78 is 7.49. The number of carbonyl (C=O) groups excluding carboxylic acids is 1. The number of morpholine rings is 1. The second-order valence-electron chi connectivity index (χ2n) is 6.54. The second kappa shape index (κ2) is 7.55. The lowest BCUT2D eigenvalue weighted by atomic mass is 10.1. The molecule has 1 atom stereocenters. The molecule has 2 aromatic carbocycles. The number of rotatable bonds is 3. The molecule has 0 aliphatic carbocycles. The molecule has 5 nitrogen and oxygen atoms in total. The summed E-state index contributed by atoms with van der Waals surface area (Å²) in [5.74, 6) is -0.0486. The van der Waals surface area contributed by atoms with Crippen LogP contribution in [0.4, 0.5) is 0 Å². The number of hydrogen-bond donors (Lipinski definition) is 0. The van der Waals surface area contributed by atoms with Crippen LogP contribution in [-0.2, 0) is 11.8 Å². The minimum atomic E-state index is -0.111. The quantitative estimate of drug-likeness (QED) is 0.690. The number of hydrogen-bond acceptors (Lipinski definition) is 3. The third-order valence-corrected chi connectivity index (χ3v) is 5.10. The van der Waals surface area contributed by atoms with Crippen LogP contribution >= 0.6 is 11.6 Å². The summed E-state index contributed by atoms with van der Waals surface area (Å²) in [5, 5.41) is 5.10. The summed E-state index contributed by atoms with van der Waals surface area (Å²) in [4.78, 5) is 14.9. The van der Waals surface area contributed by atoms with Gasteiger partial charge in [0.15, 0.2) is 0 Å². The average Bonchev–Trinajstić information content (AvgIpc) is 3.10. The fourth-order valence-corrected chi connectivity index (χ4v) is 3.57. The Morgan fingerprint density at radius 2 is 1.89 bits per heavy atom. The van der Waals surface area contributed by atoms with Crippen LogP contribution in [0.25, 0.3) is 11.3 Å². The normalized spacial score (nSPS) is 17.1. The zero-order chi connectivity index (χ0) is 18.8. The lowest BCUT2D eigenvalue weighted by Gasteiger charge is -2.33. The molecule has 1 aromatic heterocycles. The Kier molecular flexibility index (Phi) is 4.97. The van der Waals surface area contributed by atoms with Gasteiger partial charge in [0.25, 0.3) is 5.91 Å². The van der Waals surface area contributed by atoms with Crippen LogP contribution < -0.4 is 0 Å². The van der Waals surface area contributed by atoms with Crippen molar-refractivity contribution in [1.82, 2.24) is 14.7 Å². The summed E-state index contributed by atoms with van der Waals surface area (Å²) >= 11 is 6.27. The third-order valence-electron chi connectivity index (χ3n) is 4.77. The maximum atomic E-state index is 13.1. The first-order valence-electron chi connectivity index (χ1n) is 8.88. The van der Waals surface area contributed by atoms with Crippen LogP contribution in [-0.4, -0.2) is 40.3 Å². The van der Waals surface area contributed by atoms with Gasteiger partial charge >= 0.3 is 0 Å². The molecule has 27 heavy (non-hydrogen) atoms. The monoisotopic (exact) mass is 381 g/mol. The standard InChI is InChI=1S/C21H20ClN3O2/c1-24-19(13-18(23-24)16-9-5-6-10-17(16)22)21(26)25-11-12-27-20(14-25)15-7-3-2-4-8-15/h2-10,13,20H,11-12,14H2,1H3/t20-/m0/s1. The van der Waals surface area contributed by atoms with Gasteiger partial charge in [-0.15, -0.1) is 0 Å². The fourth-order valence-electron chi connectivity index (χ4n) is 3.33. The van der Waals surface area contributed by atoms with Crippen LogP contribution in [0.3, 0.4) is 0 Å². The van der Waals surface area contributed by atoms with Crippen LogP contribution in [0, 0.1) is 0 Å². The molecule has 0 bridgehead atoms. The Bertz CT molecular complexity index is 955. The molecule has 1 fully saturated rings. The Hall–Kier alpha value is -2.63. The summed E-state index contributed by atoms with van der Waals surface area (Å²) in [5.41, 5.74) is 3.13. The number of halogens is 1. The fraction of sp³-hybridized carbons (Fsp3) is 0.238. The SMILES string of the molecule is Cn1nc(-c2ccccc2Cl)cc1C(=O)N1CCO[C@H](c2ccccc2)C1. The average molecular weight is 382 g/mol. The molecule has 6 heteroatoms. The number of amides is 1. The molecule has 4 rings (SSSR count). The lowest BCUT2D eigenvalue weighted by Crippen LogP contribution is -2.42. The number of aromatic nitrogens is 2. The topological polar surface area (TPSA) is 47.4 Å². The van der Waals surface area contributed by atoms with E-state index in [-0.39, 0.29) is 12.0 Å². The van der Waals surface area contributed by atoms with Crippen molar-refractivity contribution >= 4 is 17.5 Å².